The van der Waals surface area contributed by atoms with Crippen LogP contribution in [-0.2, 0) is 9.84 Å². The molecule has 0 spiro atoms. The van der Waals surface area contributed by atoms with Crippen molar-refractivity contribution in [1.82, 2.24) is 10.2 Å². The summed E-state index contributed by atoms with van der Waals surface area (Å²) >= 11 is 0. The Morgan fingerprint density at radius 3 is 2.50 bits per heavy atom. The second-order valence-corrected chi connectivity index (χ2v) is 7.07. The van der Waals surface area contributed by atoms with Crippen LogP contribution >= 0.6 is 0 Å². The SMILES string of the molecule is CCCNCC(C)CN1CCS(=O)(=O)CC1. The average molecular weight is 248 g/mol. The molecule has 1 aliphatic rings. The molecule has 1 fully saturated rings. The van der Waals surface area contributed by atoms with E-state index in [2.05, 4.69) is 24.1 Å². The number of hydrogen-bond donors (Lipinski definition) is 1. The van der Waals surface area contributed by atoms with E-state index in [-0.39, 0.29) is 0 Å². The molecule has 96 valence electrons. The summed E-state index contributed by atoms with van der Waals surface area (Å²) in [4.78, 5) is 2.26. The van der Waals surface area contributed by atoms with Gasteiger partial charge in [-0.05, 0) is 25.4 Å². The molecule has 0 bridgehead atoms. The lowest BCUT2D eigenvalue weighted by molar-refractivity contribution is 0.251. The Morgan fingerprint density at radius 1 is 1.31 bits per heavy atom. The topological polar surface area (TPSA) is 49.4 Å². The van der Waals surface area contributed by atoms with Gasteiger partial charge in [0.05, 0.1) is 11.5 Å². The maximum absolute atomic E-state index is 11.3. The standard InChI is InChI=1S/C11H24N2O2S/c1-3-4-12-9-11(2)10-13-5-7-16(14,15)8-6-13/h11-12H,3-10H2,1-2H3. The highest BCUT2D eigenvalue weighted by Gasteiger charge is 2.22. The van der Waals surface area contributed by atoms with Crippen molar-refractivity contribution < 1.29 is 8.42 Å². The molecular weight excluding hydrogens is 224 g/mol. The molecule has 1 unspecified atom stereocenters. The van der Waals surface area contributed by atoms with Crippen LogP contribution in [0, 0.1) is 5.92 Å². The highest BCUT2D eigenvalue weighted by molar-refractivity contribution is 7.91. The van der Waals surface area contributed by atoms with Crippen molar-refractivity contribution in [3.63, 3.8) is 0 Å². The van der Waals surface area contributed by atoms with Crippen molar-refractivity contribution in [2.24, 2.45) is 5.92 Å². The third-order valence-corrected chi connectivity index (χ3v) is 4.54. The van der Waals surface area contributed by atoms with Crippen LogP contribution < -0.4 is 5.32 Å². The molecule has 0 aromatic carbocycles. The van der Waals surface area contributed by atoms with Crippen molar-refractivity contribution in [1.29, 1.82) is 0 Å². The third kappa shape index (κ3) is 5.27. The van der Waals surface area contributed by atoms with Gasteiger partial charge in [-0.3, -0.25) is 0 Å². The highest BCUT2D eigenvalue weighted by atomic mass is 32.2. The van der Waals surface area contributed by atoms with Gasteiger partial charge in [-0.15, -0.1) is 0 Å². The van der Waals surface area contributed by atoms with Crippen molar-refractivity contribution in [2.45, 2.75) is 20.3 Å². The first-order valence-electron chi connectivity index (χ1n) is 6.17. The van der Waals surface area contributed by atoms with E-state index in [9.17, 15) is 8.42 Å². The number of nitrogens with zero attached hydrogens (tertiary/aromatic N) is 1. The van der Waals surface area contributed by atoms with Crippen LogP contribution in [-0.4, -0.2) is 57.5 Å². The molecule has 1 atom stereocenters. The third-order valence-electron chi connectivity index (χ3n) is 2.93. The summed E-state index contributed by atoms with van der Waals surface area (Å²) in [5.74, 6) is 1.26. The Balaban J connectivity index is 2.18. The molecule has 0 aromatic rings. The normalized spacial score (nSPS) is 23.1. The van der Waals surface area contributed by atoms with E-state index in [1.54, 1.807) is 0 Å². The van der Waals surface area contributed by atoms with Crippen molar-refractivity contribution in [3.8, 4) is 0 Å². The van der Waals surface area contributed by atoms with Gasteiger partial charge < -0.3 is 10.2 Å². The molecule has 1 rings (SSSR count). The lowest BCUT2D eigenvalue weighted by Gasteiger charge is -2.29. The molecular formula is C11H24N2O2S. The molecule has 16 heavy (non-hydrogen) atoms. The van der Waals surface area contributed by atoms with Crippen LogP contribution in [0.15, 0.2) is 0 Å². The first kappa shape index (κ1) is 13.9. The average Bonchev–Trinajstić information content (AvgIpc) is 2.22. The molecule has 0 aromatic heterocycles. The summed E-state index contributed by atoms with van der Waals surface area (Å²) in [6.07, 6.45) is 1.16. The van der Waals surface area contributed by atoms with Gasteiger partial charge in [0.1, 0.15) is 0 Å². The fraction of sp³-hybridized carbons (Fsp3) is 1.00. The van der Waals surface area contributed by atoms with E-state index < -0.39 is 9.84 Å². The Hall–Kier alpha value is -0.130. The highest BCUT2D eigenvalue weighted by Crippen LogP contribution is 2.06. The molecule has 1 heterocycles. The second-order valence-electron chi connectivity index (χ2n) is 4.76. The van der Waals surface area contributed by atoms with Crippen molar-refractivity contribution >= 4 is 9.84 Å². The largest absolute Gasteiger partial charge is 0.316 e. The minimum absolute atomic E-state index is 0.335. The maximum Gasteiger partial charge on any atom is 0.152 e. The van der Waals surface area contributed by atoms with Crippen molar-refractivity contribution in [3.05, 3.63) is 0 Å². The van der Waals surface area contributed by atoms with Gasteiger partial charge in [0.25, 0.3) is 0 Å². The number of hydrogen-bond acceptors (Lipinski definition) is 4. The summed E-state index contributed by atoms with van der Waals surface area (Å²) in [7, 11) is -2.73. The van der Waals surface area contributed by atoms with Crippen LogP contribution in [0.2, 0.25) is 0 Å². The van der Waals surface area contributed by atoms with Gasteiger partial charge in [-0.1, -0.05) is 13.8 Å². The van der Waals surface area contributed by atoms with E-state index in [0.29, 0.717) is 30.5 Å². The van der Waals surface area contributed by atoms with E-state index in [1.807, 2.05) is 0 Å². The van der Waals surface area contributed by atoms with Gasteiger partial charge in [0, 0.05) is 19.6 Å². The van der Waals surface area contributed by atoms with Gasteiger partial charge in [0.2, 0.25) is 0 Å². The van der Waals surface area contributed by atoms with Crippen LogP contribution in [0.5, 0.6) is 0 Å². The molecule has 5 heteroatoms. The zero-order valence-electron chi connectivity index (χ0n) is 10.4. The zero-order chi connectivity index (χ0) is 12.0. The first-order chi connectivity index (χ1) is 7.53. The summed E-state index contributed by atoms with van der Waals surface area (Å²) in [5.41, 5.74) is 0. The van der Waals surface area contributed by atoms with Gasteiger partial charge in [-0.2, -0.15) is 0 Å². The minimum atomic E-state index is -2.73. The number of rotatable bonds is 6. The lowest BCUT2D eigenvalue weighted by atomic mass is 10.1. The molecule has 0 aliphatic carbocycles. The van der Waals surface area contributed by atoms with Gasteiger partial charge in [-0.25, -0.2) is 8.42 Å². The Bertz CT molecular complexity index is 276. The van der Waals surface area contributed by atoms with Crippen LogP contribution in [0.25, 0.3) is 0 Å². The summed E-state index contributed by atoms with van der Waals surface area (Å²) in [5, 5.41) is 3.40. The molecule has 4 nitrogen and oxygen atoms in total. The molecule has 0 amide bonds. The summed E-state index contributed by atoms with van der Waals surface area (Å²) < 4.78 is 22.5. The fourth-order valence-electron chi connectivity index (χ4n) is 1.96. The lowest BCUT2D eigenvalue weighted by Crippen LogP contribution is -2.43. The molecule has 1 aliphatic heterocycles. The fourth-order valence-corrected chi connectivity index (χ4v) is 3.24. The predicted octanol–water partition coefficient (Wildman–Crippen LogP) is 0.353. The van der Waals surface area contributed by atoms with E-state index >= 15 is 0 Å². The smallest absolute Gasteiger partial charge is 0.152 e. The maximum atomic E-state index is 11.3. The van der Waals surface area contributed by atoms with Crippen LogP contribution in [0.1, 0.15) is 20.3 Å². The summed E-state index contributed by atoms with van der Waals surface area (Å²) in [6.45, 7) is 8.89. The van der Waals surface area contributed by atoms with Gasteiger partial charge in [0.15, 0.2) is 9.84 Å². The molecule has 0 saturated carbocycles. The monoisotopic (exact) mass is 248 g/mol. The molecule has 0 radical (unpaired) electrons. The Morgan fingerprint density at radius 2 is 1.94 bits per heavy atom. The van der Waals surface area contributed by atoms with E-state index in [0.717, 1.165) is 26.1 Å². The van der Waals surface area contributed by atoms with E-state index in [1.165, 1.54) is 0 Å². The number of nitrogens with one attached hydrogen (secondary N) is 1. The second kappa shape index (κ2) is 6.57. The van der Waals surface area contributed by atoms with Crippen LogP contribution in [0.3, 0.4) is 0 Å². The zero-order valence-corrected chi connectivity index (χ0v) is 11.2. The minimum Gasteiger partial charge on any atom is -0.316 e. The molecule has 1 N–H and O–H groups in total. The Labute approximate surface area is 99.3 Å². The number of sulfone groups is 1. The first-order valence-corrected chi connectivity index (χ1v) is 7.99. The summed E-state index contributed by atoms with van der Waals surface area (Å²) in [6, 6.07) is 0. The quantitative estimate of drug-likeness (QED) is 0.689. The van der Waals surface area contributed by atoms with E-state index in [4.69, 9.17) is 0 Å². The van der Waals surface area contributed by atoms with Crippen molar-refractivity contribution in [2.75, 3.05) is 44.2 Å². The van der Waals surface area contributed by atoms with Gasteiger partial charge >= 0.3 is 0 Å². The molecule has 1 saturated heterocycles. The van der Waals surface area contributed by atoms with Crippen LogP contribution in [0.4, 0.5) is 0 Å². The Kier molecular flexibility index (Phi) is 5.72. The predicted molar refractivity (Wildman–Crippen MR) is 67.4 cm³/mol.